The zero-order valence-corrected chi connectivity index (χ0v) is 13.8. The predicted molar refractivity (Wildman–Crippen MR) is 78.9 cm³/mol. The third-order valence-electron chi connectivity index (χ3n) is 4.48. The Balaban J connectivity index is 1.89. The van der Waals surface area contributed by atoms with Crippen molar-refractivity contribution in [1.29, 1.82) is 0 Å². The van der Waals surface area contributed by atoms with Crippen LogP contribution in [0.4, 0.5) is 0 Å². The Hall–Kier alpha value is -0.700. The van der Waals surface area contributed by atoms with Crippen molar-refractivity contribution >= 4 is 16.2 Å². The van der Waals surface area contributed by atoms with Crippen LogP contribution in [0.1, 0.15) is 19.8 Å². The van der Waals surface area contributed by atoms with Crippen LogP contribution >= 0.6 is 0 Å². The SMILES string of the molecule is COC(=O)CN1CCN(S(=O)(=O)N(C)C(C)C2CC2)CC1. The molecule has 1 saturated heterocycles. The Morgan fingerprint density at radius 2 is 1.86 bits per heavy atom. The van der Waals surface area contributed by atoms with Crippen molar-refractivity contribution in [3.05, 3.63) is 0 Å². The Labute approximate surface area is 127 Å². The minimum Gasteiger partial charge on any atom is -0.468 e. The van der Waals surface area contributed by atoms with Crippen molar-refractivity contribution in [2.45, 2.75) is 25.8 Å². The zero-order chi connectivity index (χ0) is 15.6. The lowest BCUT2D eigenvalue weighted by Gasteiger charge is -2.36. The van der Waals surface area contributed by atoms with Crippen LogP contribution in [-0.4, -0.2) is 80.8 Å². The number of rotatable bonds is 6. The number of ether oxygens (including phenoxy) is 1. The van der Waals surface area contributed by atoms with Crippen molar-refractivity contribution in [2.24, 2.45) is 5.92 Å². The number of nitrogens with zero attached hydrogens (tertiary/aromatic N) is 3. The van der Waals surface area contributed by atoms with Gasteiger partial charge in [-0.2, -0.15) is 17.0 Å². The number of methoxy groups -OCH3 is 1. The lowest BCUT2D eigenvalue weighted by molar-refractivity contribution is -0.142. The molecule has 1 saturated carbocycles. The Bertz CT molecular complexity index is 470. The van der Waals surface area contributed by atoms with E-state index in [-0.39, 0.29) is 18.6 Å². The van der Waals surface area contributed by atoms with Crippen molar-refractivity contribution < 1.29 is 17.9 Å². The fourth-order valence-electron chi connectivity index (χ4n) is 2.63. The van der Waals surface area contributed by atoms with Gasteiger partial charge in [-0.1, -0.05) is 0 Å². The highest BCUT2D eigenvalue weighted by molar-refractivity contribution is 7.86. The molecule has 1 atom stereocenters. The second kappa shape index (κ2) is 6.60. The van der Waals surface area contributed by atoms with Gasteiger partial charge in [-0.3, -0.25) is 9.69 Å². The summed E-state index contributed by atoms with van der Waals surface area (Å²) < 4.78 is 32.8. The van der Waals surface area contributed by atoms with Gasteiger partial charge in [-0.05, 0) is 25.7 Å². The molecule has 0 aromatic rings. The average Bonchev–Trinajstić information content (AvgIpc) is 3.30. The molecule has 1 unspecified atom stereocenters. The quantitative estimate of drug-likeness (QED) is 0.632. The van der Waals surface area contributed by atoms with Crippen molar-refractivity contribution in [3.63, 3.8) is 0 Å². The normalized spacial score (nSPS) is 23.2. The molecule has 0 aromatic carbocycles. The summed E-state index contributed by atoms with van der Waals surface area (Å²) in [6, 6.07) is 0.0584. The lowest BCUT2D eigenvalue weighted by Crippen LogP contribution is -2.54. The van der Waals surface area contributed by atoms with Crippen molar-refractivity contribution in [3.8, 4) is 0 Å². The smallest absolute Gasteiger partial charge is 0.319 e. The first kappa shape index (κ1) is 16.7. The van der Waals surface area contributed by atoms with Gasteiger partial charge in [0, 0.05) is 39.3 Å². The maximum Gasteiger partial charge on any atom is 0.319 e. The molecule has 2 aliphatic rings. The van der Waals surface area contributed by atoms with E-state index in [0.29, 0.717) is 32.1 Å². The van der Waals surface area contributed by atoms with Crippen LogP contribution in [0.5, 0.6) is 0 Å². The maximum absolute atomic E-state index is 12.6. The van der Waals surface area contributed by atoms with Crippen LogP contribution in [0, 0.1) is 5.92 Å². The molecule has 2 fully saturated rings. The number of hydrogen-bond donors (Lipinski definition) is 0. The summed E-state index contributed by atoms with van der Waals surface area (Å²) in [6.45, 7) is 4.14. The summed E-state index contributed by atoms with van der Waals surface area (Å²) in [5, 5.41) is 0. The molecule has 21 heavy (non-hydrogen) atoms. The van der Waals surface area contributed by atoms with Gasteiger partial charge in [-0.15, -0.1) is 0 Å². The highest BCUT2D eigenvalue weighted by atomic mass is 32.2. The Morgan fingerprint density at radius 3 is 2.33 bits per heavy atom. The fraction of sp³-hybridized carbons (Fsp3) is 0.923. The lowest BCUT2D eigenvalue weighted by atomic mass is 10.2. The van der Waals surface area contributed by atoms with E-state index in [1.54, 1.807) is 7.05 Å². The summed E-state index contributed by atoms with van der Waals surface area (Å²) in [6.07, 6.45) is 2.24. The topological polar surface area (TPSA) is 70.2 Å². The van der Waals surface area contributed by atoms with Crippen LogP contribution in [0.2, 0.25) is 0 Å². The first-order valence-corrected chi connectivity index (χ1v) is 8.78. The molecule has 0 spiro atoms. The number of hydrogen-bond acceptors (Lipinski definition) is 5. The van der Waals surface area contributed by atoms with Crippen LogP contribution in [0.3, 0.4) is 0 Å². The van der Waals surface area contributed by atoms with Gasteiger partial charge >= 0.3 is 5.97 Å². The predicted octanol–water partition coefficient (Wildman–Crippen LogP) is -0.248. The molecule has 2 rings (SSSR count). The molecule has 7 nitrogen and oxygen atoms in total. The number of piperazine rings is 1. The number of carbonyl (C=O) groups excluding carboxylic acids is 1. The second-order valence-corrected chi connectivity index (χ2v) is 7.84. The number of esters is 1. The maximum atomic E-state index is 12.6. The standard InChI is InChI=1S/C13H25N3O4S/c1-11(12-4-5-12)14(2)21(18,19)16-8-6-15(7-9-16)10-13(17)20-3/h11-12H,4-10H2,1-3H3. The third kappa shape index (κ3) is 3.94. The molecule has 122 valence electrons. The molecule has 0 aromatic heterocycles. The highest BCUT2D eigenvalue weighted by Crippen LogP contribution is 2.35. The third-order valence-corrected chi connectivity index (χ3v) is 6.56. The van der Waals surface area contributed by atoms with E-state index in [4.69, 9.17) is 0 Å². The number of carbonyl (C=O) groups is 1. The van der Waals surface area contributed by atoms with Crippen molar-refractivity contribution in [1.82, 2.24) is 13.5 Å². The van der Waals surface area contributed by atoms with Crippen LogP contribution in [0.15, 0.2) is 0 Å². The molecule has 1 aliphatic heterocycles. The fourth-order valence-corrected chi connectivity index (χ4v) is 4.21. The highest BCUT2D eigenvalue weighted by Gasteiger charge is 2.38. The van der Waals surface area contributed by atoms with E-state index < -0.39 is 10.2 Å². The second-order valence-electron chi connectivity index (χ2n) is 5.85. The van der Waals surface area contributed by atoms with Gasteiger partial charge in [0.2, 0.25) is 0 Å². The molecule has 0 amide bonds. The molecule has 1 heterocycles. The summed E-state index contributed by atoms with van der Waals surface area (Å²) >= 11 is 0. The van der Waals surface area contributed by atoms with Crippen LogP contribution < -0.4 is 0 Å². The Kier molecular flexibility index (Phi) is 5.24. The monoisotopic (exact) mass is 319 g/mol. The van der Waals surface area contributed by atoms with Gasteiger partial charge < -0.3 is 4.74 Å². The molecule has 1 aliphatic carbocycles. The minimum absolute atomic E-state index is 0.0584. The molecule has 8 heteroatoms. The van der Waals surface area contributed by atoms with Gasteiger partial charge in [0.05, 0.1) is 13.7 Å². The van der Waals surface area contributed by atoms with E-state index in [1.165, 1.54) is 15.7 Å². The molecular formula is C13H25N3O4S. The van der Waals surface area contributed by atoms with Crippen LogP contribution in [-0.2, 0) is 19.7 Å². The van der Waals surface area contributed by atoms with E-state index in [2.05, 4.69) is 4.74 Å². The minimum atomic E-state index is -3.40. The van der Waals surface area contributed by atoms with E-state index in [1.807, 2.05) is 11.8 Å². The molecule has 0 bridgehead atoms. The Morgan fingerprint density at radius 1 is 1.29 bits per heavy atom. The summed E-state index contributed by atoms with van der Waals surface area (Å²) in [4.78, 5) is 13.2. The molecule has 0 N–H and O–H groups in total. The van der Waals surface area contributed by atoms with E-state index in [9.17, 15) is 13.2 Å². The molecular weight excluding hydrogens is 294 g/mol. The first-order valence-electron chi connectivity index (χ1n) is 7.38. The van der Waals surface area contributed by atoms with E-state index in [0.717, 1.165) is 12.8 Å². The zero-order valence-electron chi connectivity index (χ0n) is 13.0. The summed E-state index contributed by atoms with van der Waals surface area (Å²) in [5.41, 5.74) is 0. The van der Waals surface area contributed by atoms with E-state index >= 15 is 0 Å². The van der Waals surface area contributed by atoms with Gasteiger partial charge in [0.25, 0.3) is 10.2 Å². The average molecular weight is 319 g/mol. The summed E-state index contributed by atoms with van der Waals surface area (Å²) in [5.74, 6) is 0.219. The van der Waals surface area contributed by atoms with Gasteiger partial charge in [-0.25, -0.2) is 0 Å². The van der Waals surface area contributed by atoms with Gasteiger partial charge in [0.1, 0.15) is 0 Å². The molecule has 0 radical (unpaired) electrons. The largest absolute Gasteiger partial charge is 0.468 e. The first-order chi connectivity index (χ1) is 9.86. The van der Waals surface area contributed by atoms with Gasteiger partial charge in [0.15, 0.2) is 0 Å². The van der Waals surface area contributed by atoms with Crippen molar-refractivity contribution in [2.75, 3.05) is 46.9 Å². The summed E-state index contributed by atoms with van der Waals surface area (Å²) in [7, 11) is -0.376. The van der Waals surface area contributed by atoms with Crippen LogP contribution in [0.25, 0.3) is 0 Å².